The maximum absolute atomic E-state index is 5.57. The van der Waals surface area contributed by atoms with Crippen LogP contribution in [0.2, 0.25) is 0 Å². The fraction of sp³-hybridized carbons (Fsp3) is 0.611. The highest BCUT2D eigenvalue weighted by molar-refractivity contribution is 5.52. The number of hydrogen-bond donors (Lipinski definition) is 0. The number of hydrogen-bond acceptors (Lipinski definition) is 5. The maximum atomic E-state index is 5.57. The van der Waals surface area contributed by atoms with Crippen LogP contribution in [0, 0.1) is 11.8 Å². The van der Waals surface area contributed by atoms with Crippen molar-refractivity contribution in [2.24, 2.45) is 11.8 Å². The van der Waals surface area contributed by atoms with Crippen LogP contribution in [0.4, 0.5) is 5.95 Å². The van der Waals surface area contributed by atoms with E-state index in [0.29, 0.717) is 5.92 Å². The lowest BCUT2D eigenvalue weighted by atomic mass is 10.1. The van der Waals surface area contributed by atoms with Crippen molar-refractivity contribution in [1.82, 2.24) is 19.7 Å². The van der Waals surface area contributed by atoms with E-state index in [1.165, 1.54) is 12.8 Å². The first kappa shape index (κ1) is 15.6. The lowest BCUT2D eigenvalue weighted by molar-refractivity contribution is 0.182. The van der Waals surface area contributed by atoms with Gasteiger partial charge in [0, 0.05) is 38.4 Å². The molecule has 4 rings (SSSR count). The number of rotatable bonds is 7. The molecule has 2 aromatic heterocycles. The Balaban J connectivity index is 1.67. The zero-order valence-electron chi connectivity index (χ0n) is 14.3. The molecule has 24 heavy (non-hydrogen) atoms. The fourth-order valence-corrected chi connectivity index (χ4v) is 3.33. The minimum atomic E-state index is 0.529. The summed E-state index contributed by atoms with van der Waals surface area (Å²) >= 11 is 0. The Morgan fingerprint density at radius 1 is 1.21 bits per heavy atom. The van der Waals surface area contributed by atoms with Crippen molar-refractivity contribution in [1.29, 1.82) is 0 Å². The molecule has 128 valence electrons. The zero-order chi connectivity index (χ0) is 16.4. The Kier molecular flexibility index (Phi) is 4.47. The average molecular weight is 327 g/mol. The SMILES string of the molecule is CCN(CC1CC1)c1nnc(-c2ccccn2)n1C[C@H]1CCOC1. The largest absolute Gasteiger partial charge is 0.381 e. The number of anilines is 1. The van der Waals surface area contributed by atoms with Crippen molar-refractivity contribution in [2.75, 3.05) is 31.2 Å². The molecular weight excluding hydrogens is 302 g/mol. The minimum Gasteiger partial charge on any atom is -0.381 e. The molecular formula is C18H25N5O. The van der Waals surface area contributed by atoms with Gasteiger partial charge in [-0.2, -0.15) is 0 Å². The molecule has 1 atom stereocenters. The van der Waals surface area contributed by atoms with Crippen LogP contribution in [0.1, 0.15) is 26.2 Å². The van der Waals surface area contributed by atoms with E-state index in [0.717, 1.165) is 62.7 Å². The molecule has 1 saturated carbocycles. The lowest BCUT2D eigenvalue weighted by Gasteiger charge is -2.23. The maximum Gasteiger partial charge on any atom is 0.227 e. The summed E-state index contributed by atoms with van der Waals surface area (Å²) in [6, 6.07) is 5.94. The zero-order valence-corrected chi connectivity index (χ0v) is 14.3. The van der Waals surface area contributed by atoms with E-state index in [-0.39, 0.29) is 0 Å². The van der Waals surface area contributed by atoms with Crippen LogP contribution in [-0.2, 0) is 11.3 Å². The summed E-state index contributed by atoms with van der Waals surface area (Å²) in [7, 11) is 0. The quantitative estimate of drug-likeness (QED) is 0.782. The highest BCUT2D eigenvalue weighted by atomic mass is 16.5. The molecule has 0 bridgehead atoms. The molecule has 0 aromatic carbocycles. The van der Waals surface area contributed by atoms with E-state index in [4.69, 9.17) is 4.74 Å². The third-order valence-corrected chi connectivity index (χ3v) is 4.93. The van der Waals surface area contributed by atoms with Gasteiger partial charge in [-0.15, -0.1) is 10.2 Å². The van der Waals surface area contributed by atoms with E-state index in [9.17, 15) is 0 Å². The Labute approximate surface area is 142 Å². The first-order valence-electron chi connectivity index (χ1n) is 9.02. The summed E-state index contributed by atoms with van der Waals surface area (Å²) < 4.78 is 7.83. The normalized spacial score (nSPS) is 20.5. The third-order valence-electron chi connectivity index (χ3n) is 4.93. The van der Waals surface area contributed by atoms with Gasteiger partial charge in [0.05, 0.1) is 6.61 Å². The summed E-state index contributed by atoms with van der Waals surface area (Å²) in [5.74, 6) is 3.20. The predicted molar refractivity (Wildman–Crippen MR) is 92.8 cm³/mol. The fourth-order valence-electron chi connectivity index (χ4n) is 3.33. The van der Waals surface area contributed by atoms with E-state index in [1.54, 1.807) is 0 Å². The summed E-state index contributed by atoms with van der Waals surface area (Å²) in [5, 5.41) is 9.04. The number of ether oxygens (including phenoxy) is 1. The van der Waals surface area contributed by atoms with Crippen molar-refractivity contribution >= 4 is 5.95 Å². The molecule has 6 nitrogen and oxygen atoms in total. The number of pyridine rings is 1. The second-order valence-electron chi connectivity index (χ2n) is 6.86. The summed E-state index contributed by atoms with van der Waals surface area (Å²) in [6.07, 6.45) is 5.60. The molecule has 1 aliphatic carbocycles. The van der Waals surface area contributed by atoms with Gasteiger partial charge >= 0.3 is 0 Å². The molecule has 0 unspecified atom stereocenters. The summed E-state index contributed by atoms with van der Waals surface area (Å²) in [5.41, 5.74) is 0.887. The van der Waals surface area contributed by atoms with E-state index in [2.05, 4.69) is 31.6 Å². The van der Waals surface area contributed by atoms with Crippen molar-refractivity contribution in [2.45, 2.75) is 32.7 Å². The topological polar surface area (TPSA) is 56.1 Å². The van der Waals surface area contributed by atoms with Crippen molar-refractivity contribution in [3.63, 3.8) is 0 Å². The van der Waals surface area contributed by atoms with Crippen LogP contribution in [0.25, 0.3) is 11.5 Å². The molecule has 6 heteroatoms. The predicted octanol–water partition coefficient (Wildman–Crippen LogP) is 2.61. The molecule has 1 saturated heterocycles. The van der Waals surface area contributed by atoms with Gasteiger partial charge in [0.2, 0.25) is 5.95 Å². The van der Waals surface area contributed by atoms with Crippen LogP contribution in [-0.4, -0.2) is 46.1 Å². The Hall–Kier alpha value is -1.95. The van der Waals surface area contributed by atoms with Crippen LogP contribution >= 0.6 is 0 Å². The van der Waals surface area contributed by atoms with Crippen molar-refractivity contribution in [3.8, 4) is 11.5 Å². The van der Waals surface area contributed by atoms with Gasteiger partial charge in [-0.05, 0) is 44.2 Å². The second kappa shape index (κ2) is 6.89. The standard InChI is InChI=1S/C18H25N5O/c1-2-22(11-14-6-7-14)18-21-20-17(16-5-3-4-9-19-16)23(18)12-15-8-10-24-13-15/h3-5,9,14-15H,2,6-8,10-13H2,1H3/t15-/m1/s1. The van der Waals surface area contributed by atoms with E-state index in [1.807, 2.05) is 24.4 Å². The van der Waals surface area contributed by atoms with Gasteiger partial charge in [-0.1, -0.05) is 6.07 Å². The minimum absolute atomic E-state index is 0.529. The highest BCUT2D eigenvalue weighted by Crippen LogP contribution is 2.32. The first-order valence-corrected chi connectivity index (χ1v) is 9.02. The third kappa shape index (κ3) is 3.29. The van der Waals surface area contributed by atoms with Crippen molar-refractivity contribution < 1.29 is 4.74 Å². The molecule has 1 aliphatic heterocycles. The highest BCUT2D eigenvalue weighted by Gasteiger charge is 2.28. The number of nitrogens with zero attached hydrogens (tertiary/aromatic N) is 5. The molecule has 3 heterocycles. The van der Waals surface area contributed by atoms with Gasteiger partial charge in [-0.25, -0.2) is 0 Å². The molecule has 2 aliphatic rings. The monoisotopic (exact) mass is 327 g/mol. The second-order valence-corrected chi connectivity index (χ2v) is 6.86. The first-order chi connectivity index (χ1) is 11.8. The van der Waals surface area contributed by atoms with Crippen LogP contribution in [0.5, 0.6) is 0 Å². The lowest BCUT2D eigenvalue weighted by Crippen LogP contribution is -2.29. The van der Waals surface area contributed by atoms with Gasteiger partial charge in [0.1, 0.15) is 5.69 Å². The van der Waals surface area contributed by atoms with Gasteiger partial charge in [0.25, 0.3) is 0 Å². The summed E-state index contributed by atoms with van der Waals surface area (Å²) in [6.45, 7) is 6.82. The Morgan fingerprint density at radius 3 is 2.79 bits per heavy atom. The van der Waals surface area contributed by atoms with Gasteiger partial charge in [-0.3, -0.25) is 9.55 Å². The van der Waals surface area contributed by atoms with Gasteiger partial charge in [0.15, 0.2) is 5.82 Å². The Bertz CT molecular complexity index is 661. The van der Waals surface area contributed by atoms with Crippen molar-refractivity contribution in [3.05, 3.63) is 24.4 Å². The summed E-state index contributed by atoms with van der Waals surface area (Å²) in [4.78, 5) is 6.85. The van der Waals surface area contributed by atoms with Crippen LogP contribution in [0.3, 0.4) is 0 Å². The number of aromatic nitrogens is 4. The molecule has 0 amide bonds. The van der Waals surface area contributed by atoms with Gasteiger partial charge < -0.3 is 9.64 Å². The molecule has 2 aromatic rings. The molecule has 0 N–H and O–H groups in total. The van der Waals surface area contributed by atoms with E-state index < -0.39 is 0 Å². The van der Waals surface area contributed by atoms with E-state index >= 15 is 0 Å². The Morgan fingerprint density at radius 2 is 2.12 bits per heavy atom. The van der Waals surface area contributed by atoms with Crippen LogP contribution in [0.15, 0.2) is 24.4 Å². The molecule has 0 radical (unpaired) electrons. The smallest absolute Gasteiger partial charge is 0.227 e. The molecule has 2 fully saturated rings. The van der Waals surface area contributed by atoms with Crippen LogP contribution < -0.4 is 4.90 Å². The molecule has 0 spiro atoms. The average Bonchev–Trinajstić information content (AvgIpc) is 3.12.